The lowest BCUT2D eigenvalue weighted by molar-refractivity contribution is -0.140. The number of halogens is 1. The summed E-state index contributed by atoms with van der Waals surface area (Å²) in [6.07, 6.45) is 1.47. The van der Waals surface area contributed by atoms with E-state index in [1.807, 2.05) is 6.92 Å². The smallest absolute Gasteiger partial charge is 0.295 e. The van der Waals surface area contributed by atoms with Crippen molar-refractivity contribution >= 4 is 29.1 Å². The van der Waals surface area contributed by atoms with Gasteiger partial charge < -0.3 is 29.0 Å². The number of ketones is 1. The highest BCUT2D eigenvalue weighted by atomic mass is 35.5. The van der Waals surface area contributed by atoms with Crippen molar-refractivity contribution in [1.29, 1.82) is 0 Å². The Balaban J connectivity index is 1.88. The van der Waals surface area contributed by atoms with Crippen molar-refractivity contribution < 1.29 is 33.6 Å². The lowest BCUT2D eigenvalue weighted by Crippen LogP contribution is -2.36. The first-order valence-corrected chi connectivity index (χ1v) is 11.8. The molecule has 2 fully saturated rings. The number of aliphatic hydroxyl groups excluding tert-OH is 1. The van der Waals surface area contributed by atoms with E-state index in [0.717, 1.165) is 12.8 Å². The molecule has 2 unspecified atom stereocenters. The largest absolute Gasteiger partial charge is 0.507 e. The van der Waals surface area contributed by atoms with Crippen LogP contribution >= 0.6 is 11.6 Å². The molecule has 0 aromatic heterocycles. The maximum absolute atomic E-state index is 13.3. The van der Waals surface area contributed by atoms with Crippen LogP contribution in [0.1, 0.15) is 36.9 Å². The fourth-order valence-corrected chi connectivity index (χ4v) is 4.72. The predicted octanol–water partition coefficient (Wildman–Crippen LogP) is 4.36. The van der Waals surface area contributed by atoms with Gasteiger partial charge in [0.1, 0.15) is 11.5 Å². The van der Waals surface area contributed by atoms with Gasteiger partial charge in [-0.25, -0.2) is 0 Å². The standard InChI is InChI=1S/C26H28ClNO7/c1-4-34-20-10-7-15(12-21(20)33-3)23-22(24(29)18-13-16(32-2)8-9-19(18)27)25(30)26(31)28(23)14-17-6-5-11-35-17/h7-10,12-13,17,23,29H,4-6,11,14H2,1-3H3/b24-22+. The Labute approximate surface area is 209 Å². The molecule has 2 aromatic carbocycles. The van der Waals surface area contributed by atoms with Gasteiger partial charge >= 0.3 is 0 Å². The van der Waals surface area contributed by atoms with Crippen LogP contribution < -0.4 is 14.2 Å². The first-order valence-electron chi connectivity index (χ1n) is 11.4. The first-order chi connectivity index (χ1) is 16.9. The second-order valence-electron chi connectivity index (χ2n) is 8.28. The first kappa shape index (κ1) is 24.9. The molecule has 8 nitrogen and oxygen atoms in total. The number of ether oxygens (including phenoxy) is 4. The van der Waals surface area contributed by atoms with E-state index in [9.17, 15) is 14.7 Å². The van der Waals surface area contributed by atoms with Gasteiger partial charge in [-0.15, -0.1) is 0 Å². The summed E-state index contributed by atoms with van der Waals surface area (Å²) in [4.78, 5) is 28.0. The Morgan fingerprint density at radius 2 is 1.94 bits per heavy atom. The molecule has 9 heteroatoms. The summed E-state index contributed by atoms with van der Waals surface area (Å²) in [5, 5.41) is 11.6. The third-order valence-electron chi connectivity index (χ3n) is 6.20. The van der Waals surface area contributed by atoms with Crippen LogP contribution in [0, 0.1) is 0 Å². The molecule has 2 aliphatic rings. The fraction of sp³-hybridized carbons (Fsp3) is 0.385. The van der Waals surface area contributed by atoms with Crippen LogP contribution in [-0.4, -0.2) is 61.8 Å². The molecule has 2 atom stereocenters. The van der Waals surface area contributed by atoms with Crippen LogP contribution in [0.3, 0.4) is 0 Å². The molecule has 0 radical (unpaired) electrons. The monoisotopic (exact) mass is 501 g/mol. The van der Waals surface area contributed by atoms with Gasteiger partial charge in [-0.2, -0.15) is 0 Å². The van der Waals surface area contributed by atoms with E-state index in [-0.39, 0.29) is 34.6 Å². The molecule has 0 saturated carbocycles. The number of carbonyl (C=O) groups excluding carboxylic acids is 2. The van der Waals surface area contributed by atoms with Crippen molar-refractivity contribution in [3.63, 3.8) is 0 Å². The summed E-state index contributed by atoms with van der Waals surface area (Å²) in [6, 6.07) is 9.06. The summed E-state index contributed by atoms with van der Waals surface area (Å²) < 4.78 is 22.1. The minimum Gasteiger partial charge on any atom is -0.507 e. The van der Waals surface area contributed by atoms with Gasteiger partial charge in [-0.05, 0) is 55.7 Å². The molecule has 2 aliphatic heterocycles. The molecule has 1 amide bonds. The second kappa shape index (κ2) is 10.6. The maximum Gasteiger partial charge on any atom is 0.295 e. The molecular formula is C26H28ClNO7. The summed E-state index contributed by atoms with van der Waals surface area (Å²) in [5.41, 5.74) is 0.724. The third-order valence-corrected chi connectivity index (χ3v) is 6.53. The molecule has 186 valence electrons. The summed E-state index contributed by atoms with van der Waals surface area (Å²) in [5.74, 6) is -0.447. The number of likely N-dealkylation sites (tertiary alicyclic amines) is 1. The Morgan fingerprint density at radius 3 is 2.60 bits per heavy atom. The molecule has 0 aliphatic carbocycles. The number of hydrogen-bond acceptors (Lipinski definition) is 7. The summed E-state index contributed by atoms with van der Waals surface area (Å²) in [6.45, 7) is 3.13. The van der Waals surface area contributed by atoms with Crippen molar-refractivity contribution in [2.75, 3.05) is 34.0 Å². The molecule has 2 saturated heterocycles. The van der Waals surface area contributed by atoms with Crippen LogP contribution in [0.4, 0.5) is 0 Å². The Morgan fingerprint density at radius 1 is 1.14 bits per heavy atom. The van der Waals surface area contributed by atoms with Gasteiger partial charge in [-0.1, -0.05) is 17.7 Å². The van der Waals surface area contributed by atoms with Gasteiger partial charge in [0, 0.05) is 18.7 Å². The number of carbonyl (C=O) groups is 2. The zero-order valence-electron chi connectivity index (χ0n) is 19.9. The third kappa shape index (κ3) is 4.81. The fourth-order valence-electron chi connectivity index (χ4n) is 4.51. The molecule has 1 N–H and O–H groups in total. The van der Waals surface area contributed by atoms with E-state index in [2.05, 4.69) is 0 Å². The topological polar surface area (TPSA) is 94.5 Å². The van der Waals surface area contributed by atoms with E-state index in [4.69, 9.17) is 30.5 Å². The molecule has 35 heavy (non-hydrogen) atoms. The van der Waals surface area contributed by atoms with Crippen LogP contribution in [0.25, 0.3) is 5.76 Å². The zero-order valence-corrected chi connectivity index (χ0v) is 20.6. The molecule has 4 rings (SSSR count). The zero-order chi connectivity index (χ0) is 25.1. The maximum atomic E-state index is 13.3. The number of methoxy groups -OCH3 is 2. The minimum atomic E-state index is -0.869. The SMILES string of the molecule is CCOc1ccc(C2/C(=C(\O)c3cc(OC)ccc3Cl)C(=O)C(=O)N2CC2CCCO2)cc1OC. The number of benzene rings is 2. The van der Waals surface area contributed by atoms with Crippen LogP contribution in [0.5, 0.6) is 17.2 Å². The highest BCUT2D eigenvalue weighted by Gasteiger charge is 2.47. The number of nitrogens with zero attached hydrogens (tertiary/aromatic N) is 1. The van der Waals surface area contributed by atoms with Crippen LogP contribution in [-0.2, 0) is 14.3 Å². The quantitative estimate of drug-likeness (QED) is 0.326. The second-order valence-corrected chi connectivity index (χ2v) is 8.68. The van der Waals surface area contributed by atoms with Gasteiger partial charge in [0.25, 0.3) is 11.7 Å². The number of rotatable bonds is 8. The Bertz CT molecular complexity index is 1160. The lowest BCUT2D eigenvalue weighted by Gasteiger charge is -2.28. The van der Waals surface area contributed by atoms with Crippen molar-refractivity contribution in [1.82, 2.24) is 4.90 Å². The number of hydrogen-bond donors (Lipinski definition) is 1. The molecule has 2 aromatic rings. The summed E-state index contributed by atoms with van der Waals surface area (Å²) >= 11 is 6.37. The van der Waals surface area contributed by atoms with Crippen LogP contribution in [0.2, 0.25) is 5.02 Å². The Hall–Kier alpha value is -3.23. The van der Waals surface area contributed by atoms with Crippen molar-refractivity contribution in [3.05, 3.63) is 58.1 Å². The molecule has 0 spiro atoms. The van der Waals surface area contributed by atoms with E-state index in [1.54, 1.807) is 30.3 Å². The average molecular weight is 502 g/mol. The van der Waals surface area contributed by atoms with Crippen molar-refractivity contribution in [2.24, 2.45) is 0 Å². The number of aliphatic hydroxyl groups is 1. The van der Waals surface area contributed by atoms with Gasteiger partial charge in [0.05, 0.1) is 43.6 Å². The van der Waals surface area contributed by atoms with Crippen molar-refractivity contribution in [3.8, 4) is 17.2 Å². The van der Waals surface area contributed by atoms with Gasteiger partial charge in [0.2, 0.25) is 0 Å². The van der Waals surface area contributed by atoms with Crippen LogP contribution in [0.15, 0.2) is 42.0 Å². The minimum absolute atomic E-state index is 0.0608. The van der Waals surface area contributed by atoms with E-state index >= 15 is 0 Å². The highest BCUT2D eigenvalue weighted by molar-refractivity contribution is 6.47. The Kier molecular flexibility index (Phi) is 7.52. The average Bonchev–Trinajstić information content (AvgIpc) is 3.47. The van der Waals surface area contributed by atoms with Crippen molar-refractivity contribution in [2.45, 2.75) is 31.9 Å². The molecular weight excluding hydrogens is 474 g/mol. The van der Waals surface area contributed by atoms with E-state index < -0.39 is 17.7 Å². The number of Topliss-reactive ketones (excluding diaryl/α,β-unsaturated/α-hetero) is 1. The molecule has 0 bridgehead atoms. The summed E-state index contributed by atoms with van der Waals surface area (Å²) in [7, 11) is 3.00. The van der Waals surface area contributed by atoms with E-state index in [1.165, 1.54) is 25.2 Å². The normalized spacial score (nSPS) is 21.4. The predicted molar refractivity (Wildman–Crippen MR) is 130 cm³/mol. The number of amides is 1. The molecule has 2 heterocycles. The lowest BCUT2D eigenvalue weighted by atomic mass is 9.94. The van der Waals surface area contributed by atoms with Gasteiger partial charge in [0.15, 0.2) is 11.5 Å². The van der Waals surface area contributed by atoms with Gasteiger partial charge in [-0.3, -0.25) is 9.59 Å². The highest BCUT2D eigenvalue weighted by Crippen LogP contribution is 2.43. The van der Waals surface area contributed by atoms with E-state index in [0.29, 0.717) is 36.0 Å².